The van der Waals surface area contributed by atoms with E-state index in [2.05, 4.69) is 12.2 Å². The number of amides is 1. The number of carbonyl (C=O) groups is 2. The Labute approximate surface area is 148 Å². The van der Waals surface area contributed by atoms with Gasteiger partial charge in [0.1, 0.15) is 0 Å². The molecule has 2 aromatic carbocycles. The average molecular weight is 337 g/mol. The van der Waals surface area contributed by atoms with Crippen molar-refractivity contribution in [1.29, 1.82) is 0 Å². The van der Waals surface area contributed by atoms with Gasteiger partial charge in [0.25, 0.3) is 5.91 Å². The SMILES string of the molecule is C[C@H]1CCC[NH+](CC(=O)Nc2ccccc2C(=O)c2ccccc2)C1. The van der Waals surface area contributed by atoms with Gasteiger partial charge in [0.15, 0.2) is 12.3 Å². The summed E-state index contributed by atoms with van der Waals surface area (Å²) in [5.74, 6) is 0.566. The Bertz CT molecular complexity index is 743. The number of nitrogens with one attached hydrogen (secondary N) is 2. The Morgan fingerprint density at radius 2 is 1.80 bits per heavy atom. The van der Waals surface area contributed by atoms with Gasteiger partial charge in [-0.2, -0.15) is 0 Å². The molecule has 0 bridgehead atoms. The molecule has 4 heteroatoms. The van der Waals surface area contributed by atoms with Crippen LogP contribution in [0.25, 0.3) is 0 Å². The summed E-state index contributed by atoms with van der Waals surface area (Å²) in [6.07, 6.45) is 2.42. The number of anilines is 1. The van der Waals surface area contributed by atoms with E-state index in [1.54, 1.807) is 24.3 Å². The van der Waals surface area contributed by atoms with Crippen molar-refractivity contribution >= 4 is 17.4 Å². The molecule has 130 valence electrons. The molecule has 3 rings (SSSR count). The maximum atomic E-state index is 12.7. The summed E-state index contributed by atoms with van der Waals surface area (Å²) < 4.78 is 0. The summed E-state index contributed by atoms with van der Waals surface area (Å²) in [6.45, 7) is 4.78. The number of para-hydroxylation sites is 1. The molecule has 2 atom stereocenters. The fourth-order valence-corrected chi connectivity index (χ4v) is 3.51. The minimum atomic E-state index is -0.0737. The number of hydrogen-bond donors (Lipinski definition) is 2. The molecule has 0 spiro atoms. The number of rotatable bonds is 5. The van der Waals surface area contributed by atoms with Crippen LogP contribution in [0.1, 0.15) is 35.7 Å². The molecule has 1 saturated heterocycles. The van der Waals surface area contributed by atoms with E-state index < -0.39 is 0 Å². The van der Waals surface area contributed by atoms with Crippen LogP contribution in [0.2, 0.25) is 0 Å². The van der Waals surface area contributed by atoms with Crippen LogP contribution in [0.15, 0.2) is 54.6 Å². The Morgan fingerprint density at radius 3 is 2.56 bits per heavy atom. The van der Waals surface area contributed by atoms with Crippen LogP contribution in [0, 0.1) is 5.92 Å². The Morgan fingerprint density at radius 1 is 1.08 bits per heavy atom. The summed E-state index contributed by atoms with van der Waals surface area (Å²) in [6, 6.07) is 16.4. The molecule has 2 aromatic rings. The van der Waals surface area contributed by atoms with Crippen LogP contribution in [-0.2, 0) is 4.79 Å². The van der Waals surface area contributed by atoms with Crippen LogP contribution in [0.3, 0.4) is 0 Å². The molecule has 1 fully saturated rings. The Hall–Kier alpha value is -2.46. The summed E-state index contributed by atoms with van der Waals surface area (Å²) >= 11 is 0. The lowest BCUT2D eigenvalue weighted by Crippen LogP contribution is -3.14. The highest BCUT2D eigenvalue weighted by Gasteiger charge is 2.23. The zero-order valence-corrected chi connectivity index (χ0v) is 14.6. The van der Waals surface area contributed by atoms with Gasteiger partial charge in [-0.1, -0.05) is 49.4 Å². The molecule has 0 aliphatic carbocycles. The molecule has 0 radical (unpaired) electrons. The maximum absolute atomic E-state index is 12.7. The average Bonchev–Trinajstić information content (AvgIpc) is 2.62. The van der Waals surface area contributed by atoms with Crippen molar-refractivity contribution in [2.45, 2.75) is 19.8 Å². The molecular weight excluding hydrogens is 312 g/mol. The quantitative estimate of drug-likeness (QED) is 0.822. The molecule has 2 N–H and O–H groups in total. The lowest BCUT2D eigenvalue weighted by molar-refractivity contribution is -0.900. The second kappa shape index (κ2) is 8.08. The van der Waals surface area contributed by atoms with Gasteiger partial charge in [-0.3, -0.25) is 9.59 Å². The molecule has 1 heterocycles. The standard InChI is InChI=1S/C21H24N2O2/c1-16-8-7-13-23(14-16)15-20(24)22-19-12-6-5-11-18(19)21(25)17-9-3-2-4-10-17/h2-6,9-12,16H,7-8,13-15H2,1H3,(H,22,24)/p+1/t16-/m0/s1. The van der Waals surface area contributed by atoms with Crippen LogP contribution >= 0.6 is 0 Å². The molecule has 0 aromatic heterocycles. The van der Waals surface area contributed by atoms with Crippen LogP contribution in [0.4, 0.5) is 5.69 Å². The fourth-order valence-electron chi connectivity index (χ4n) is 3.51. The molecular formula is C21H25N2O2+. The summed E-state index contributed by atoms with van der Waals surface area (Å²) in [4.78, 5) is 26.5. The number of ketones is 1. The molecule has 1 amide bonds. The summed E-state index contributed by atoms with van der Waals surface area (Å²) in [7, 11) is 0. The highest BCUT2D eigenvalue weighted by atomic mass is 16.2. The molecule has 4 nitrogen and oxygen atoms in total. The smallest absolute Gasteiger partial charge is 0.279 e. The van der Waals surface area contributed by atoms with E-state index in [1.807, 2.05) is 30.3 Å². The zero-order valence-electron chi connectivity index (χ0n) is 14.6. The number of benzene rings is 2. The van der Waals surface area contributed by atoms with Crippen molar-refractivity contribution in [3.05, 3.63) is 65.7 Å². The first-order valence-electron chi connectivity index (χ1n) is 8.95. The van der Waals surface area contributed by atoms with Crippen molar-refractivity contribution in [2.24, 2.45) is 5.92 Å². The third-order valence-electron chi connectivity index (χ3n) is 4.76. The van der Waals surface area contributed by atoms with Crippen LogP contribution < -0.4 is 10.2 Å². The van der Waals surface area contributed by atoms with E-state index in [9.17, 15) is 9.59 Å². The van der Waals surface area contributed by atoms with Gasteiger partial charge < -0.3 is 10.2 Å². The monoisotopic (exact) mass is 337 g/mol. The number of carbonyl (C=O) groups excluding carboxylic acids is 2. The Kier molecular flexibility index (Phi) is 5.61. The highest BCUT2D eigenvalue weighted by molar-refractivity contribution is 6.13. The van der Waals surface area contributed by atoms with Gasteiger partial charge in [0.2, 0.25) is 0 Å². The van der Waals surface area contributed by atoms with Crippen LogP contribution in [0.5, 0.6) is 0 Å². The van der Waals surface area contributed by atoms with Gasteiger partial charge in [-0.25, -0.2) is 0 Å². The summed E-state index contributed by atoms with van der Waals surface area (Å²) in [5.41, 5.74) is 1.74. The van der Waals surface area contributed by atoms with Gasteiger partial charge in [0, 0.05) is 17.0 Å². The second-order valence-corrected chi connectivity index (χ2v) is 6.92. The summed E-state index contributed by atoms with van der Waals surface area (Å²) in [5, 5.41) is 2.94. The van der Waals surface area contributed by atoms with Crippen molar-refractivity contribution < 1.29 is 14.5 Å². The van der Waals surface area contributed by atoms with Gasteiger partial charge in [0.05, 0.1) is 18.8 Å². The van der Waals surface area contributed by atoms with Crippen LogP contribution in [-0.4, -0.2) is 31.3 Å². The van der Waals surface area contributed by atoms with Gasteiger partial charge in [-0.15, -0.1) is 0 Å². The predicted molar refractivity (Wildman–Crippen MR) is 98.9 cm³/mol. The number of quaternary nitrogens is 1. The van der Waals surface area contributed by atoms with E-state index in [1.165, 1.54) is 17.7 Å². The third-order valence-corrected chi connectivity index (χ3v) is 4.76. The predicted octanol–water partition coefficient (Wildman–Crippen LogP) is 2.17. The van der Waals surface area contributed by atoms with Crippen molar-refractivity contribution in [2.75, 3.05) is 25.0 Å². The van der Waals surface area contributed by atoms with Gasteiger partial charge >= 0.3 is 0 Å². The normalized spacial score (nSPS) is 20.0. The topological polar surface area (TPSA) is 50.6 Å². The number of hydrogen-bond acceptors (Lipinski definition) is 2. The minimum Gasteiger partial charge on any atom is -0.327 e. The molecule has 1 aliphatic rings. The van der Waals surface area contributed by atoms with E-state index in [0.29, 0.717) is 29.3 Å². The molecule has 1 unspecified atom stereocenters. The first-order chi connectivity index (χ1) is 12.1. The first kappa shape index (κ1) is 17.4. The maximum Gasteiger partial charge on any atom is 0.279 e. The van der Waals surface area contributed by atoms with E-state index in [4.69, 9.17) is 0 Å². The fraction of sp³-hybridized carbons (Fsp3) is 0.333. The Balaban J connectivity index is 1.70. The molecule has 1 aliphatic heterocycles. The van der Waals surface area contributed by atoms with Gasteiger partial charge in [-0.05, 0) is 25.0 Å². The lowest BCUT2D eigenvalue weighted by Gasteiger charge is -2.27. The van der Waals surface area contributed by atoms with E-state index in [-0.39, 0.29) is 11.7 Å². The number of likely N-dealkylation sites (tertiary alicyclic amines) is 1. The van der Waals surface area contributed by atoms with E-state index in [0.717, 1.165) is 13.1 Å². The van der Waals surface area contributed by atoms with E-state index >= 15 is 0 Å². The second-order valence-electron chi connectivity index (χ2n) is 6.92. The van der Waals surface area contributed by atoms with Crippen molar-refractivity contribution in [1.82, 2.24) is 0 Å². The first-order valence-corrected chi connectivity index (χ1v) is 8.95. The molecule has 0 saturated carbocycles. The molecule has 25 heavy (non-hydrogen) atoms. The van der Waals surface area contributed by atoms with Crippen molar-refractivity contribution in [3.63, 3.8) is 0 Å². The number of piperidine rings is 1. The highest BCUT2D eigenvalue weighted by Crippen LogP contribution is 2.19. The largest absolute Gasteiger partial charge is 0.327 e. The third kappa shape index (κ3) is 4.54. The lowest BCUT2D eigenvalue weighted by atomic mass is 10.0. The minimum absolute atomic E-state index is 0.0302. The zero-order chi connectivity index (χ0) is 17.6. The van der Waals surface area contributed by atoms with Crippen molar-refractivity contribution in [3.8, 4) is 0 Å².